The zero-order valence-electron chi connectivity index (χ0n) is 9.11. The molecule has 1 N–H and O–H groups in total. The van der Waals surface area contributed by atoms with Gasteiger partial charge in [-0.2, -0.15) is 0 Å². The summed E-state index contributed by atoms with van der Waals surface area (Å²) in [5.41, 5.74) is 2.15. The number of likely N-dealkylation sites (tertiary alicyclic amines) is 1. The van der Waals surface area contributed by atoms with Gasteiger partial charge in [0.05, 0.1) is 0 Å². The topological polar surface area (TPSA) is 23.5 Å². The van der Waals surface area contributed by atoms with E-state index in [4.69, 9.17) is 0 Å². The number of hydrogen-bond donors (Lipinski definition) is 1. The van der Waals surface area contributed by atoms with Crippen LogP contribution in [-0.2, 0) is 0 Å². The lowest BCUT2D eigenvalue weighted by Crippen LogP contribution is -2.13. The lowest BCUT2D eigenvalue weighted by atomic mass is 9.96. The van der Waals surface area contributed by atoms with Gasteiger partial charge in [0, 0.05) is 12.1 Å². The quantitative estimate of drug-likeness (QED) is 0.747. The average molecular weight is 203 g/mol. The lowest BCUT2D eigenvalue weighted by Gasteiger charge is -2.11. The molecule has 1 heterocycles. The van der Waals surface area contributed by atoms with Crippen molar-refractivity contribution in [1.29, 1.82) is 0 Å². The number of benzene rings is 1. The van der Waals surface area contributed by atoms with Gasteiger partial charge < -0.3 is 10.0 Å². The van der Waals surface area contributed by atoms with E-state index in [1.807, 2.05) is 18.2 Å². The molecule has 0 bridgehead atoms. The minimum absolute atomic E-state index is 0.156. The fourth-order valence-corrected chi connectivity index (χ4v) is 2.18. The number of aliphatic hydroxyl groups excluding tert-OH is 1. The average Bonchev–Trinajstić information content (AvgIpc) is 2.65. The smallest absolute Gasteiger partial charge is 0.115 e. The van der Waals surface area contributed by atoms with Gasteiger partial charge in [-0.25, -0.2) is 0 Å². The summed E-state index contributed by atoms with van der Waals surface area (Å²) < 4.78 is 0. The number of aliphatic hydroxyl groups is 1. The van der Waals surface area contributed by atoms with Crippen molar-refractivity contribution in [3.63, 3.8) is 0 Å². The molecule has 0 aromatic heterocycles. The van der Waals surface area contributed by atoms with Crippen LogP contribution in [0.3, 0.4) is 0 Å². The molecule has 0 aliphatic carbocycles. The van der Waals surface area contributed by atoms with Crippen LogP contribution >= 0.6 is 0 Å². The first-order valence-electron chi connectivity index (χ1n) is 5.33. The van der Waals surface area contributed by atoms with Crippen LogP contribution in [0, 0.1) is 0 Å². The van der Waals surface area contributed by atoms with Gasteiger partial charge >= 0.3 is 0 Å². The minimum Gasteiger partial charge on any atom is -0.508 e. The van der Waals surface area contributed by atoms with E-state index in [1.54, 1.807) is 0 Å². The van der Waals surface area contributed by atoms with Crippen LogP contribution in [-0.4, -0.2) is 30.1 Å². The van der Waals surface area contributed by atoms with Gasteiger partial charge in [-0.1, -0.05) is 24.8 Å². The van der Waals surface area contributed by atoms with Gasteiger partial charge in [-0.05, 0) is 37.6 Å². The summed E-state index contributed by atoms with van der Waals surface area (Å²) >= 11 is 0. The van der Waals surface area contributed by atoms with Crippen LogP contribution in [0.5, 0.6) is 0 Å². The van der Waals surface area contributed by atoms with Crippen molar-refractivity contribution in [1.82, 2.24) is 4.90 Å². The molecule has 0 saturated carbocycles. The van der Waals surface area contributed by atoms with Crippen molar-refractivity contribution in [3.8, 4) is 0 Å². The van der Waals surface area contributed by atoms with E-state index in [-0.39, 0.29) is 5.76 Å². The van der Waals surface area contributed by atoms with Crippen molar-refractivity contribution >= 4 is 5.76 Å². The summed E-state index contributed by atoms with van der Waals surface area (Å²) in [6.45, 7) is 5.83. The normalized spacial score (nSPS) is 21.8. The zero-order chi connectivity index (χ0) is 10.8. The van der Waals surface area contributed by atoms with Crippen molar-refractivity contribution in [3.05, 3.63) is 42.0 Å². The minimum atomic E-state index is 0.156. The van der Waals surface area contributed by atoms with Gasteiger partial charge in [0.2, 0.25) is 0 Å². The van der Waals surface area contributed by atoms with Crippen molar-refractivity contribution < 1.29 is 5.11 Å². The molecule has 15 heavy (non-hydrogen) atoms. The Kier molecular flexibility index (Phi) is 2.78. The molecule has 80 valence electrons. The maximum atomic E-state index is 9.34. The third-order valence-electron chi connectivity index (χ3n) is 3.08. The van der Waals surface area contributed by atoms with E-state index in [1.165, 1.54) is 12.0 Å². The van der Waals surface area contributed by atoms with Crippen LogP contribution < -0.4 is 0 Å². The molecule has 1 aliphatic rings. The summed E-state index contributed by atoms with van der Waals surface area (Å²) in [7, 11) is 2.15. The second-order valence-electron chi connectivity index (χ2n) is 4.32. The molecule has 1 unspecified atom stereocenters. The second kappa shape index (κ2) is 4.07. The Labute approximate surface area is 90.8 Å². The Morgan fingerprint density at radius 2 is 2.33 bits per heavy atom. The largest absolute Gasteiger partial charge is 0.508 e. The number of nitrogens with zero attached hydrogens (tertiary/aromatic N) is 1. The molecule has 0 spiro atoms. The third kappa shape index (κ3) is 2.21. The lowest BCUT2D eigenvalue weighted by molar-refractivity contribution is 0.411. The van der Waals surface area contributed by atoms with Crippen molar-refractivity contribution in [2.24, 2.45) is 0 Å². The molecule has 1 aromatic rings. The van der Waals surface area contributed by atoms with Crippen molar-refractivity contribution in [2.75, 3.05) is 20.1 Å². The standard InChI is InChI=1S/C13H17NO/c1-10(15)11-4-3-5-12(8-11)13-6-7-14(2)9-13/h3-5,8,13,15H,1,6-7,9H2,2H3. The molecule has 2 nitrogen and oxygen atoms in total. The van der Waals surface area contributed by atoms with Crippen LogP contribution in [0.1, 0.15) is 23.5 Å². The molecular weight excluding hydrogens is 186 g/mol. The highest BCUT2D eigenvalue weighted by Crippen LogP contribution is 2.27. The predicted octanol–water partition coefficient (Wildman–Crippen LogP) is 2.63. The zero-order valence-corrected chi connectivity index (χ0v) is 9.11. The molecule has 1 aliphatic heterocycles. The number of hydrogen-bond acceptors (Lipinski definition) is 2. The Morgan fingerprint density at radius 1 is 1.53 bits per heavy atom. The van der Waals surface area contributed by atoms with E-state index in [2.05, 4.69) is 24.6 Å². The molecule has 2 rings (SSSR count). The highest BCUT2D eigenvalue weighted by Gasteiger charge is 2.21. The second-order valence-corrected chi connectivity index (χ2v) is 4.32. The summed E-state index contributed by atoms with van der Waals surface area (Å²) in [4.78, 5) is 2.34. The van der Waals surface area contributed by atoms with Crippen LogP contribution in [0.25, 0.3) is 5.76 Å². The summed E-state index contributed by atoms with van der Waals surface area (Å²) in [5.74, 6) is 0.762. The maximum Gasteiger partial charge on any atom is 0.115 e. The van der Waals surface area contributed by atoms with E-state index in [0.717, 1.165) is 18.7 Å². The fourth-order valence-electron chi connectivity index (χ4n) is 2.18. The van der Waals surface area contributed by atoms with Gasteiger partial charge in [-0.3, -0.25) is 0 Å². The molecule has 1 atom stereocenters. The van der Waals surface area contributed by atoms with Gasteiger partial charge in [0.1, 0.15) is 5.76 Å². The predicted molar refractivity (Wildman–Crippen MR) is 63.0 cm³/mol. The van der Waals surface area contributed by atoms with E-state index < -0.39 is 0 Å². The maximum absolute atomic E-state index is 9.34. The number of likely N-dealkylation sites (N-methyl/N-ethyl adjacent to an activating group) is 1. The van der Waals surface area contributed by atoms with Crippen molar-refractivity contribution in [2.45, 2.75) is 12.3 Å². The SMILES string of the molecule is C=C(O)c1cccc(C2CCN(C)C2)c1. The fraction of sp³-hybridized carbons (Fsp3) is 0.385. The first kappa shape index (κ1) is 10.2. The van der Waals surface area contributed by atoms with Gasteiger partial charge in [0.25, 0.3) is 0 Å². The highest BCUT2D eigenvalue weighted by atomic mass is 16.3. The first-order valence-corrected chi connectivity index (χ1v) is 5.33. The number of rotatable bonds is 2. The van der Waals surface area contributed by atoms with Crippen LogP contribution in [0.2, 0.25) is 0 Å². The van der Waals surface area contributed by atoms with Gasteiger partial charge in [0.15, 0.2) is 0 Å². The molecule has 1 fully saturated rings. The molecule has 2 heteroatoms. The van der Waals surface area contributed by atoms with E-state index in [9.17, 15) is 5.11 Å². The van der Waals surface area contributed by atoms with E-state index in [0.29, 0.717) is 5.92 Å². The summed E-state index contributed by atoms with van der Waals surface area (Å²) in [5, 5.41) is 9.34. The highest BCUT2D eigenvalue weighted by molar-refractivity contribution is 5.56. The van der Waals surface area contributed by atoms with Crippen LogP contribution in [0.4, 0.5) is 0 Å². The molecule has 1 saturated heterocycles. The molecule has 0 radical (unpaired) electrons. The third-order valence-corrected chi connectivity index (χ3v) is 3.08. The van der Waals surface area contributed by atoms with Gasteiger partial charge in [-0.15, -0.1) is 0 Å². The summed E-state index contributed by atoms with van der Waals surface area (Å²) in [6, 6.07) is 8.07. The Bertz CT molecular complexity index is 373. The molecule has 1 aromatic carbocycles. The Balaban J connectivity index is 2.21. The van der Waals surface area contributed by atoms with E-state index >= 15 is 0 Å². The molecule has 0 amide bonds. The monoisotopic (exact) mass is 203 g/mol. The summed E-state index contributed by atoms with van der Waals surface area (Å²) in [6.07, 6.45) is 1.21. The van der Waals surface area contributed by atoms with Crippen LogP contribution in [0.15, 0.2) is 30.8 Å². The Hall–Kier alpha value is -1.28. The first-order chi connectivity index (χ1) is 7.16. The Morgan fingerprint density at radius 3 is 2.93 bits per heavy atom. The molecular formula is C13H17NO.